The molecule has 4 atom stereocenters. The molecule has 30 heavy (non-hydrogen) atoms. The molecular weight excluding hydrogens is 390 g/mol. The van der Waals surface area contributed by atoms with Gasteiger partial charge in [0.05, 0.1) is 26.4 Å². The van der Waals surface area contributed by atoms with Crippen molar-refractivity contribution in [2.24, 2.45) is 0 Å². The Balaban J connectivity index is 1.27. The summed E-state index contributed by atoms with van der Waals surface area (Å²) in [7, 11) is 1.58. The number of nitrogens with one attached hydrogen (secondary N) is 3. The predicted molar refractivity (Wildman–Crippen MR) is 109 cm³/mol. The predicted octanol–water partition coefficient (Wildman–Crippen LogP) is 2.60. The van der Waals surface area contributed by atoms with Crippen LogP contribution in [0.1, 0.15) is 0 Å². The highest BCUT2D eigenvalue weighted by Crippen LogP contribution is 2.29. The van der Waals surface area contributed by atoms with Gasteiger partial charge in [0.25, 0.3) is 0 Å². The number of anilines is 2. The van der Waals surface area contributed by atoms with Gasteiger partial charge in [0.15, 0.2) is 6.10 Å². The Morgan fingerprint density at radius 2 is 1.60 bits per heavy atom. The average Bonchev–Trinajstić information content (AvgIpc) is 3.33. The number of benzene rings is 2. The minimum Gasteiger partial charge on any atom is -0.497 e. The molecule has 2 aromatic rings. The van der Waals surface area contributed by atoms with Crippen molar-refractivity contribution >= 4 is 23.5 Å². The molecule has 0 aromatic heterocycles. The number of carbonyl (C=O) groups is 2. The van der Waals surface area contributed by atoms with Crippen molar-refractivity contribution in [3.05, 3.63) is 54.6 Å². The van der Waals surface area contributed by atoms with Gasteiger partial charge in [-0.2, -0.15) is 0 Å². The van der Waals surface area contributed by atoms with Crippen molar-refractivity contribution in [3.63, 3.8) is 0 Å². The van der Waals surface area contributed by atoms with E-state index in [1.807, 2.05) is 18.2 Å². The van der Waals surface area contributed by atoms with Gasteiger partial charge in [0.1, 0.15) is 18.0 Å². The summed E-state index contributed by atoms with van der Waals surface area (Å²) in [6.07, 6.45) is -1.94. The summed E-state index contributed by atoms with van der Waals surface area (Å²) >= 11 is 0. The van der Waals surface area contributed by atoms with Crippen molar-refractivity contribution < 1.29 is 28.5 Å². The lowest BCUT2D eigenvalue weighted by molar-refractivity contribution is 0.00874. The summed E-state index contributed by atoms with van der Waals surface area (Å²) < 4.78 is 22.0. The number of amides is 3. The molecular formula is C21H23N3O6. The maximum absolute atomic E-state index is 12.3. The first kappa shape index (κ1) is 20.0. The topological polar surface area (TPSA) is 107 Å². The van der Waals surface area contributed by atoms with E-state index in [9.17, 15) is 9.59 Å². The first-order valence-corrected chi connectivity index (χ1v) is 9.60. The standard InChI is InChI=1S/C21H23N3O6/c1-27-15-9-7-14(8-10-15)22-20(25)24-16-11-28-19-17(12-29-18(16)19)30-21(26)23-13-5-3-2-4-6-13/h2-10,16-19H,11-12H2,1H3,(H,23,26)(H2,22,24,25). The quantitative estimate of drug-likeness (QED) is 0.696. The maximum Gasteiger partial charge on any atom is 0.412 e. The highest BCUT2D eigenvalue weighted by Gasteiger charge is 2.50. The molecule has 9 nitrogen and oxygen atoms in total. The molecule has 158 valence electrons. The highest BCUT2D eigenvalue weighted by molar-refractivity contribution is 5.89. The smallest absolute Gasteiger partial charge is 0.412 e. The van der Waals surface area contributed by atoms with E-state index in [4.69, 9.17) is 18.9 Å². The first-order valence-electron chi connectivity index (χ1n) is 9.60. The normalized spacial score (nSPS) is 24.6. The van der Waals surface area contributed by atoms with Crippen molar-refractivity contribution in [2.45, 2.75) is 24.4 Å². The van der Waals surface area contributed by atoms with E-state index in [-0.39, 0.29) is 31.4 Å². The molecule has 0 bridgehead atoms. The average molecular weight is 413 g/mol. The Hall–Kier alpha value is -3.30. The van der Waals surface area contributed by atoms with Crippen LogP contribution in [-0.4, -0.2) is 56.8 Å². The number of para-hydroxylation sites is 1. The van der Waals surface area contributed by atoms with Gasteiger partial charge in [-0.25, -0.2) is 9.59 Å². The second-order valence-electron chi connectivity index (χ2n) is 6.96. The first-order chi connectivity index (χ1) is 14.6. The number of hydrogen-bond donors (Lipinski definition) is 3. The molecule has 0 spiro atoms. The largest absolute Gasteiger partial charge is 0.497 e. The van der Waals surface area contributed by atoms with E-state index >= 15 is 0 Å². The highest BCUT2D eigenvalue weighted by atomic mass is 16.6. The van der Waals surface area contributed by atoms with Gasteiger partial charge in [-0.1, -0.05) is 18.2 Å². The van der Waals surface area contributed by atoms with Crippen LogP contribution in [0.25, 0.3) is 0 Å². The molecule has 9 heteroatoms. The SMILES string of the molecule is COc1ccc(NC(=O)NC2COC3C(OC(=O)Nc4ccccc4)COC23)cc1. The van der Waals surface area contributed by atoms with Crippen molar-refractivity contribution in [3.8, 4) is 5.75 Å². The molecule has 0 aliphatic carbocycles. The molecule has 4 rings (SSSR count). The number of rotatable bonds is 5. The minimum absolute atomic E-state index is 0.204. The Bertz CT molecular complexity index is 876. The second-order valence-corrected chi connectivity index (χ2v) is 6.96. The van der Waals surface area contributed by atoms with Crippen LogP contribution in [0.5, 0.6) is 5.75 Å². The zero-order valence-electron chi connectivity index (χ0n) is 16.4. The number of methoxy groups -OCH3 is 1. The van der Waals surface area contributed by atoms with Crippen LogP contribution in [0, 0.1) is 0 Å². The molecule has 3 amide bonds. The molecule has 2 aliphatic heterocycles. The third-order valence-corrected chi connectivity index (χ3v) is 4.95. The lowest BCUT2D eigenvalue weighted by atomic mass is 10.1. The third kappa shape index (κ3) is 4.64. The zero-order chi connectivity index (χ0) is 20.9. The van der Waals surface area contributed by atoms with Gasteiger partial charge in [0, 0.05) is 11.4 Å². The van der Waals surface area contributed by atoms with Crippen LogP contribution in [0.3, 0.4) is 0 Å². The Kier molecular flexibility index (Phi) is 6.01. The lowest BCUT2D eigenvalue weighted by Gasteiger charge is -2.18. The molecule has 0 radical (unpaired) electrons. The molecule has 2 aromatic carbocycles. The van der Waals surface area contributed by atoms with Gasteiger partial charge >= 0.3 is 12.1 Å². The van der Waals surface area contributed by atoms with Crippen LogP contribution >= 0.6 is 0 Å². The fraction of sp³-hybridized carbons (Fsp3) is 0.333. The molecule has 2 fully saturated rings. The van der Waals surface area contributed by atoms with Gasteiger partial charge in [-0.15, -0.1) is 0 Å². The molecule has 2 aliphatic rings. The van der Waals surface area contributed by atoms with E-state index in [0.29, 0.717) is 17.1 Å². The third-order valence-electron chi connectivity index (χ3n) is 4.95. The van der Waals surface area contributed by atoms with Crippen molar-refractivity contribution in [2.75, 3.05) is 31.0 Å². The summed E-state index contributed by atoms with van der Waals surface area (Å²) in [6.45, 7) is 0.474. The number of carbonyl (C=O) groups excluding carboxylic acids is 2. The number of hydrogen-bond acceptors (Lipinski definition) is 6. The van der Waals surface area contributed by atoms with Crippen LogP contribution < -0.4 is 20.7 Å². The van der Waals surface area contributed by atoms with Crippen LogP contribution in [0.15, 0.2) is 54.6 Å². The number of urea groups is 1. The van der Waals surface area contributed by atoms with Gasteiger partial charge in [0.2, 0.25) is 0 Å². The molecule has 3 N–H and O–H groups in total. The van der Waals surface area contributed by atoms with E-state index in [1.165, 1.54) is 0 Å². The maximum atomic E-state index is 12.3. The second kappa shape index (κ2) is 9.02. The minimum atomic E-state index is -0.576. The van der Waals surface area contributed by atoms with Crippen LogP contribution in [0.4, 0.5) is 21.0 Å². The molecule has 4 unspecified atom stereocenters. The molecule has 2 heterocycles. The lowest BCUT2D eigenvalue weighted by Crippen LogP contribution is -2.46. The van der Waals surface area contributed by atoms with Crippen LogP contribution in [-0.2, 0) is 14.2 Å². The molecule has 2 saturated heterocycles. The van der Waals surface area contributed by atoms with Crippen LogP contribution in [0.2, 0.25) is 0 Å². The number of ether oxygens (including phenoxy) is 4. The van der Waals surface area contributed by atoms with E-state index in [1.54, 1.807) is 43.5 Å². The fourth-order valence-electron chi connectivity index (χ4n) is 3.51. The van der Waals surface area contributed by atoms with E-state index in [0.717, 1.165) is 0 Å². The van der Waals surface area contributed by atoms with Gasteiger partial charge < -0.3 is 29.6 Å². The summed E-state index contributed by atoms with van der Waals surface area (Å²) in [4.78, 5) is 24.4. The van der Waals surface area contributed by atoms with Crippen molar-refractivity contribution in [1.29, 1.82) is 0 Å². The zero-order valence-corrected chi connectivity index (χ0v) is 16.4. The monoisotopic (exact) mass is 413 g/mol. The Morgan fingerprint density at radius 1 is 0.900 bits per heavy atom. The van der Waals surface area contributed by atoms with Crippen molar-refractivity contribution in [1.82, 2.24) is 5.32 Å². The summed E-state index contributed by atoms with van der Waals surface area (Å²) in [5, 5.41) is 8.28. The Morgan fingerprint density at radius 3 is 2.33 bits per heavy atom. The summed E-state index contributed by atoms with van der Waals surface area (Å²) in [5.41, 5.74) is 1.27. The van der Waals surface area contributed by atoms with E-state index in [2.05, 4.69) is 16.0 Å². The number of fused-ring (bicyclic) bond motifs is 1. The van der Waals surface area contributed by atoms with E-state index < -0.39 is 18.3 Å². The fourth-order valence-corrected chi connectivity index (χ4v) is 3.51. The Labute approximate surface area is 173 Å². The molecule has 0 saturated carbocycles. The summed E-state index contributed by atoms with van der Waals surface area (Å²) in [6, 6.07) is 15.3. The summed E-state index contributed by atoms with van der Waals surface area (Å²) in [5.74, 6) is 0.703. The van der Waals surface area contributed by atoms with Gasteiger partial charge in [-0.3, -0.25) is 5.32 Å². The van der Waals surface area contributed by atoms with Gasteiger partial charge in [-0.05, 0) is 36.4 Å².